The maximum absolute atomic E-state index is 11.7. The molecule has 3 nitrogen and oxygen atoms in total. The van der Waals surface area contributed by atoms with Gasteiger partial charge in [-0.2, -0.15) is 0 Å². The molecule has 3 heteroatoms. The van der Waals surface area contributed by atoms with E-state index in [9.17, 15) is 4.79 Å². The molecule has 0 heterocycles. The third kappa shape index (κ3) is 2.82. The predicted molar refractivity (Wildman–Crippen MR) is 65.5 cm³/mol. The fraction of sp³-hybridized carbons (Fsp3) is 0.929. The van der Waals surface area contributed by atoms with Crippen LogP contribution in [-0.2, 0) is 9.53 Å². The Morgan fingerprint density at radius 3 is 2.06 bits per heavy atom. The number of nitrogens with one attached hydrogen (secondary N) is 1. The molecule has 0 aromatic carbocycles. The molecule has 0 aromatic heterocycles. The summed E-state index contributed by atoms with van der Waals surface area (Å²) >= 11 is 0. The van der Waals surface area contributed by atoms with Gasteiger partial charge in [0.15, 0.2) is 0 Å². The number of methoxy groups -OCH3 is 1. The van der Waals surface area contributed by atoms with Crippen LogP contribution in [0.25, 0.3) is 0 Å². The third-order valence-electron chi connectivity index (χ3n) is 4.58. The van der Waals surface area contributed by atoms with Crippen LogP contribution in [0.3, 0.4) is 0 Å². The predicted octanol–water partition coefficient (Wildman–Crippen LogP) is 1.96. The van der Waals surface area contributed by atoms with E-state index >= 15 is 0 Å². The lowest BCUT2D eigenvalue weighted by Gasteiger charge is -2.21. The summed E-state index contributed by atoms with van der Waals surface area (Å²) in [4.78, 5) is 11.7. The number of esters is 1. The lowest BCUT2D eigenvalue weighted by molar-refractivity contribution is -0.143. The summed E-state index contributed by atoms with van der Waals surface area (Å²) in [6, 6.07) is -0.0278. The molecule has 0 amide bonds. The van der Waals surface area contributed by atoms with Crippen LogP contribution < -0.4 is 5.32 Å². The summed E-state index contributed by atoms with van der Waals surface area (Å²) in [5.41, 5.74) is 0. The first kappa shape index (κ1) is 11.5. The molecule has 3 aliphatic rings. The van der Waals surface area contributed by atoms with Gasteiger partial charge in [-0.1, -0.05) is 0 Å². The zero-order chi connectivity index (χ0) is 11.8. The fourth-order valence-corrected chi connectivity index (χ4v) is 3.03. The molecule has 3 aliphatic carbocycles. The van der Waals surface area contributed by atoms with Crippen molar-refractivity contribution in [3.8, 4) is 0 Å². The first-order chi connectivity index (χ1) is 8.29. The molecule has 17 heavy (non-hydrogen) atoms. The molecule has 1 atom stereocenters. The lowest BCUT2D eigenvalue weighted by atomic mass is 9.97. The number of carbonyl (C=O) groups excluding carboxylic acids is 1. The van der Waals surface area contributed by atoms with E-state index in [4.69, 9.17) is 4.74 Å². The molecule has 0 spiro atoms. The second kappa shape index (κ2) is 4.60. The zero-order valence-electron chi connectivity index (χ0n) is 10.7. The van der Waals surface area contributed by atoms with Gasteiger partial charge in [0.1, 0.15) is 6.04 Å². The van der Waals surface area contributed by atoms with E-state index in [0.29, 0.717) is 5.92 Å². The third-order valence-corrected chi connectivity index (χ3v) is 4.58. The minimum atomic E-state index is -0.0576. The molecule has 0 aliphatic heterocycles. The zero-order valence-corrected chi connectivity index (χ0v) is 10.7. The summed E-state index contributed by atoms with van der Waals surface area (Å²) in [6.07, 6.45) is 8.02. The Labute approximate surface area is 103 Å². The monoisotopic (exact) mass is 237 g/mol. The molecule has 0 radical (unpaired) electrons. The van der Waals surface area contributed by atoms with Crippen LogP contribution in [0.1, 0.15) is 38.5 Å². The van der Waals surface area contributed by atoms with E-state index in [1.165, 1.54) is 45.6 Å². The van der Waals surface area contributed by atoms with E-state index in [-0.39, 0.29) is 12.0 Å². The summed E-state index contributed by atoms with van der Waals surface area (Å²) in [7, 11) is 1.50. The Hall–Kier alpha value is -0.570. The molecule has 1 unspecified atom stereocenters. The number of hydrogen-bond acceptors (Lipinski definition) is 3. The van der Waals surface area contributed by atoms with Crippen LogP contribution in [0.2, 0.25) is 0 Å². The molecular formula is C14H23NO2. The highest BCUT2D eigenvalue weighted by molar-refractivity contribution is 5.76. The number of ether oxygens (including phenoxy) is 1. The molecule has 3 saturated carbocycles. The minimum absolute atomic E-state index is 0.0278. The average Bonchev–Trinajstić information content (AvgIpc) is 3.17. The van der Waals surface area contributed by atoms with Gasteiger partial charge >= 0.3 is 5.97 Å². The van der Waals surface area contributed by atoms with Crippen molar-refractivity contribution in [3.05, 3.63) is 0 Å². The quantitative estimate of drug-likeness (QED) is 0.688. The van der Waals surface area contributed by atoms with Crippen LogP contribution in [-0.4, -0.2) is 25.7 Å². The fourth-order valence-electron chi connectivity index (χ4n) is 3.03. The lowest BCUT2D eigenvalue weighted by Crippen LogP contribution is -2.42. The highest BCUT2D eigenvalue weighted by atomic mass is 16.5. The van der Waals surface area contributed by atoms with E-state index in [2.05, 4.69) is 5.32 Å². The van der Waals surface area contributed by atoms with Crippen molar-refractivity contribution in [2.24, 2.45) is 23.7 Å². The van der Waals surface area contributed by atoms with Gasteiger partial charge in [-0.05, 0) is 68.7 Å². The van der Waals surface area contributed by atoms with Crippen LogP contribution in [0, 0.1) is 23.7 Å². The van der Waals surface area contributed by atoms with Crippen LogP contribution in [0.4, 0.5) is 0 Å². The number of rotatable bonds is 7. The maximum Gasteiger partial charge on any atom is 0.323 e. The summed E-state index contributed by atoms with van der Waals surface area (Å²) < 4.78 is 4.90. The Kier molecular flexibility index (Phi) is 3.12. The topological polar surface area (TPSA) is 38.3 Å². The van der Waals surface area contributed by atoms with Crippen LogP contribution in [0.5, 0.6) is 0 Å². The van der Waals surface area contributed by atoms with E-state index < -0.39 is 0 Å². The second-order valence-electron chi connectivity index (χ2n) is 6.09. The summed E-state index contributed by atoms with van der Waals surface area (Å²) in [5, 5.41) is 3.50. The molecule has 0 saturated heterocycles. The summed E-state index contributed by atoms with van der Waals surface area (Å²) in [6.45, 7) is 1.03. The molecule has 3 fully saturated rings. The molecule has 0 aromatic rings. The first-order valence-corrected chi connectivity index (χ1v) is 7.11. The molecule has 1 N–H and O–H groups in total. The van der Waals surface area contributed by atoms with Crippen molar-refractivity contribution in [3.63, 3.8) is 0 Å². The highest BCUT2D eigenvalue weighted by Crippen LogP contribution is 2.49. The normalized spacial score (nSPS) is 26.0. The van der Waals surface area contributed by atoms with Crippen molar-refractivity contribution in [2.75, 3.05) is 13.7 Å². The largest absolute Gasteiger partial charge is 0.468 e. The molecule has 0 bridgehead atoms. The van der Waals surface area contributed by atoms with Crippen LogP contribution in [0.15, 0.2) is 0 Å². The van der Waals surface area contributed by atoms with E-state index in [1.54, 1.807) is 0 Å². The van der Waals surface area contributed by atoms with Crippen molar-refractivity contribution in [1.82, 2.24) is 5.32 Å². The van der Waals surface area contributed by atoms with Gasteiger partial charge in [-0.25, -0.2) is 0 Å². The minimum Gasteiger partial charge on any atom is -0.468 e. The molecule has 3 rings (SSSR count). The van der Waals surface area contributed by atoms with Gasteiger partial charge in [-0.3, -0.25) is 4.79 Å². The molecule has 96 valence electrons. The van der Waals surface area contributed by atoms with Gasteiger partial charge in [0.25, 0.3) is 0 Å². The Balaban J connectivity index is 1.51. The Morgan fingerprint density at radius 1 is 1.12 bits per heavy atom. The molecular weight excluding hydrogens is 214 g/mol. The van der Waals surface area contributed by atoms with Gasteiger partial charge in [-0.15, -0.1) is 0 Å². The Morgan fingerprint density at radius 2 is 1.65 bits per heavy atom. The smallest absolute Gasteiger partial charge is 0.323 e. The van der Waals surface area contributed by atoms with Gasteiger partial charge < -0.3 is 10.1 Å². The maximum atomic E-state index is 11.7. The van der Waals surface area contributed by atoms with Crippen molar-refractivity contribution in [1.29, 1.82) is 0 Å². The van der Waals surface area contributed by atoms with E-state index in [0.717, 1.165) is 24.3 Å². The number of carbonyl (C=O) groups is 1. The van der Waals surface area contributed by atoms with Gasteiger partial charge in [0.2, 0.25) is 0 Å². The average molecular weight is 237 g/mol. The van der Waals surface area contributed by atoms with Crippen molar-refractivity contribution in [2.45, 2.75) is 44.6 Å². The SMILES string of the molecule is COC(=O)C(NCC(C1CC1)C1CC1)C1CC1. The first-order valence-electron chi connectivity index (χ1n) is 7.11. The number of hydrogen-bond donors (Lipinski definition) is 1. The standard InChI is InChI=1S/C14H23NO2/c1-17-14(16)13(11-6-7-11)15-8-12(9-2-3-9)10-4-5-10/h9-13,15H,2-8H2,1H3. The van der Waals surface area contributed by atoms with Gasteiger partial charge in [0, 0.05) is 0 Å². The highest BCUT2D eigenvalue weighted by Gasteiger charge is 2.43. The van der Waals surface area contributed by atoms with Crippen molar-refractivity contribution < 1.29 is 9.53 Å². The van der Waals surface area contributed by atoms with E-state index in [1.807, 2.05) is 0 Å². The Bertz CT molecular complexity index is 281. The summed E-state index contributed by atoms with van der Waals surface area (Å²) in [5.74, 6) is 3.22. The van der Waals surface area contributed by atoms with Gasteiger partial charge in [0.05, 0.1) is 7.11 Å². The van der Waals surface area contributed by atoms with Crippen LogP contribution >= 0.6 is 0 Å². The van der Waals surface area contributed by atoms with Crippen molar-refractivity contribution >= 4 is 5.97 Å². The second-order valence-corrected chi connectivity index (χ2v) is 6.09.